The van der Waals surface area contributed by atoms with E-state index in [9.17, 15) is 5.11 Å². The Bertz CT molecular complexity index is 827. The van der Waals surface area contributed by atoms with Crippen molar-refractivity contribution in [3.05, 3.63) is 72.9 Å². The normalized spacial score (nSPS) is 17.5. The first kappa shape index (κ1) is 15.4. The summed E-state index contributed by atoms with van der Waals surface area (Å²) in [6.45, 7) is 2.50. The number of hydrogen-bond donors (Lipinski definition) is 1. The molecule has 2 aromatic heterocycles. The summed E-state index contributed by atoms with van der Waals surface area (Å²) in [5.74, 6) is 1.13. The number of nitrogens with zero attached hydrogens (tertiary/aromatic N) is 5. The van der Waals surface area contributed by atoms with Crippen molar-refractivity contribution >= 4 is 11.5 Å². The molecule has 3 aromatic rings. The van der Waals surface area contributed by atoms with E-state index >= 15 is 0 Å². The maximum Gasteiger partial charge on any atom is 0.147 e. The minimum atomic E-state index is 0.0747. The van der Waals surface area contributed by atoms with Gasteiger partial charge in [-0.3, -0.25) is 9.97 Å². The molecule has 3 heterocycles. The smallest absolute Gasteiger partial charge is 0.147 e. The van der Waals surface area contributed by atoms with E-state index in [1.54, 1.807) is 24.7 Å². The fraction of sp³-hybridized carbons (Fsp3) is 0.211. The van der Waals surface area contributed by atoms with Gasteiger partial charge >= 0.3 is 0 Å². The molecule has 0 radical (unpaired) electrons. The van der Waals surface area contributed by atoms with E-state index in [0.717, 1.165) is 36.7 Å². The number of benzene rings is 1. The minimum Gasteiger partial charge on any atom is -0.508 e. The van der Waals surface area contributed by atoms with E-state index in [0.29, 0.717) is 0 Å². The first-order valence-electron chi connectivity index (χ1n) is 8.28. The second kappa shape index (κ2) is 6.76. The third kappa shape index (κ3) is 3.24. The van der Waals surface area contributed by atoms with Crippen LogP contribution in [0.2, 0.25) is 0 Å². The predicted octanol–water partition coefficient (Wildman–Crippen LogP) is 2.65. The number of anilines is 2. The summed E-state index contributed by atoms with van der Waals surface area (Å²) in [6, 6.07) is 11.6. The third-order valence-corrected chi connectivity index (χ3v) is 4.51. The Morgan fingerprint density at radius 1 is 0.960 bits per heavy atom. The lowest BCUT2D eigenvalue weighted by Crippen LogP contribution is -2.49. The zero-order valence-electron chi connectivity index (χ0n) is 13.7. The maximum atomic E-state index is 9.92. The molecule has 1 fully saturated rings. The molecule has 126 valence electrons. The van der Waals surface area contributed by atoms with Crippen LogP contribution in [0.1, 0.15) is 11.6 Å². The highest BCUT2D eigenvalue weighted by molar-refractivity contribution is 5.51. The zero-order valence-corrected chi connectivity index (χ0v) is 13.7. The van der Waals surface area contributed by atoms with Gasteiger partial charge in [-0.25, -0.2) is 4.98 Å². The van der Waals surface area contributed by atoms with Gasteiger partial charge in [-0.2, -0.15) is 0 Å². The summed E-state index contributed by atoms with van der Waals surface area (Å²) in [5, 5.41) is 9.92. The number of aromatic hydroxyl groups is 1. The molecule has 1 aromatic carbocycles. The van der Waals surface area contributed by atoms with E-state index in [4.69, 9.17) is 0 Å². The average molecular weight is 333 g/mol. The highest BCUT2D eigenvalue weighted by Gasteiger charge is 2.29. The van der Waals surface area contributed by atoms with Gasteiger partial charge in [-0.15, -0.1) is 0 Å². The van der Waals surface area contributed by atoms with Gasteiger partial charge in [0.05, 0.1) is 12.2 Å². The summed E-state index contributed by atoms with van der Waals surface area (Å²) >= 11 is 0. The van der Waals surface area contributed by atoms with Gasteiger partial charge in [0, 0.05) is 50.1 Å². The minimum absolute atomic E-state index is 0.0747. The van der Waals surface area contributed by atoms with Crippen molar-refractivity contribution < 1.29 is 5.11 Å². The van der Waals surface area contributed by atoms with Crippen molar-refractivity contribution in [3.63, 3.8) is 0 Å². The molecule has 0 aliphatic carbocycles. The number of pyridine rings is 1. The van der Waals surface area contributed by atoms with Crippen LogP contribution in [0.5, 0.6) is 5.75 Å². The van der Waals surface area contributed by atoms with E-state index < -0.39 is 0 Å². The number of piperazine rings is 1. The number of phenolic OH excluding ortho intramolecular Hbond substituents is 1. The topological polar surface area (TPSA) is 65.4 Å². The predicted molar refractivity (Wildman–Crippen MR) is 96.7 cm³/mol. The van der Waals surface area contributed by atoms with Gasteiger partial charge < -0.3 is 14.9 Å². The fourth-order valence-corrected chi connectivity index (χ4v) is 3.30. The van der Waals surface area contributed by atoms with Crippen molar-refractivity contribution in [2.75, 3.05) is 29.4 Å². The van der Waals surface area contributed by atoms with Crippen LogP contribution in [0.25, 0.3) is 0 Å². The third-order valence-electron chi connectivity index (χ3n) is 4.51. The van der Waals surface area contributed by atoms with Gasteiger partial charge in [-0.1, -0.05) is 12.1 Å². The second-order valence-corrected chi connectivity index (χ2v) is 6.02. The van der Waals surface area contributed by atoms with E-state index in [2.05, 4.69) is 24.8 Å². The monoisotopic (exact) mass is 333 g/mol. The van der Waals surface area contributed by atoms with E-state index in [1.165, 1.54) is 0 Å². The van der Waals surface area contributed by atoms with Gasteiger partial charge in [0.15, 0.2) is 0 Å². The Morgan fingerprint density at radius 2 is 1.84 bits per heavy atom. The molecule has 0 saturated carbocycles. The summed E-state index contributed by atoms with van der Waals surface area (Å²) in [4.78, 5) is 17.4. The summed E-state index contributed by atoms with van der Waals surface area (Å²) in [6.07, 6.45) is 8.81. The van der Waals surface area contributed by atoms with E-state index in [-0.39, 0.29) is 11.8 Å². The van der Waals surface area contributed by atoms with Crippen LogP contribution in [0.3, 0.4) is 0 Å². The van der Waals surface area contributed by atoms with Gasteiger partial charge in [0.2, 0.25) is 0 Å². The van der Waals surface area contributed by atoms with Crippen LogP contribution in [0.15, 0.2) is 67.4 Å². The zero-order chi connectivity index (χ0) is 17.1. The lowest BCUT2D eigenvalue weighted by atomic mass is 10.0. The molecular weight excluding hydrogens is 314 g/mol. The molecule has 0 amide bonds. The molecule has 1 saturated heterocycles. The fourth-order valence-electron chi connectivity index (χ4n) is 3.30. The van der Waals surface area contributed by atoms with Crippen LogP contribution in [0, 0.1) is 0 Å². The van der Waals surface area contributed by atoms with Crippen molar-refractivity contribution in [1.29, 1.82) is 0 Å². The van der Waals surface area contributed by atoms with Crippen LogP contribution in [0.4, 0.5) is 11.5 Å². The van der Waals surface area contributed by atoms with Crippen LogP contribution < -0.4 is 9.80 Å². The number of aromatic nitrogens is 3. The summed E-state index contributed by atoms with van der Waals surface area (Å²) in [7, 11) is 0. The van der Waals surface area contributed by atoms with Crippen LogP contribution in [-0.4, -0.2) is 39.7 Å². The van der Waals surface area contributed by atoms with Crippen molar-refractivity contribution in [1.82, 2.24) is 15.0 Å². The SMILES string of the molecule is Oc1cccc(C2CN(c3ccncc3)CCN2c2cnccn2)c1. The molecule has 0 bridgehead atoms. The molecule has 1 atom stereocenters. The number of hydrogen-bond acceptors (Lipinski definition) is 6. The van der Waals surface area contributed by atoms with Gasteiger partial charge in [0.1, 0.15) is 11.6 Å². The quantitative estimate of drug-likeness (QED) is 0.795. The molecule has 25 heavy (non-hydrogen) atoms. The van der Waals surface area contributed by atoms with Gasteiger partial charge in [0.25, 0.3) is 0 Å². The molecule has 6 nitrogen and oxygen atoms in total. The summed E-state index contributed by atoms with van der Waals surface area (Å²) in [5.41, 5.74) is 2.21. The number of phenols is 1. The number of rotatable bonds is 3. The Labute approximate surface area is 146 Å². The molecule has 1 unspecified atom stereocenters. The van der Waals surface area contributed by atoms with Gasteiger partial charge in [-0.05, 0) is 29.8 Å². The van der Waals surface area contributed by atoms with E-state index in [1.807, 2.05) is 42.7 Å². The standard InChI is InChI=1S/C19H19N5O/c25-17-3-1-2-15(12-17)18-14-23(16-4-6-20-7-5-16)10-11-24(18)19-13-21-8-9-22-19/h1-9,12-13,18,25H,10-11,14H2. The van der Waals surface area contributed by atoms with Crippen molar-refractivity contribution in [3.8, 4) is 5.75 Å². The lowest BCUT2D eigenvalue weighted by molar-refractivity contribution is 0.471. The Kier molecular flexibility index (Phi) is 4.16. The molecule has 1 aliphatic rings. The first-order valence-corrected chi connectivity index (χ1v) is 8.28. The summed E-state index contributed by atoms with van der Waals surface area (Å²) < 4.78 is 0. The second-order valence-electron chi connectivity index (χ2n) is 6.02. The highest BCUT2D eigenvalue weighted by atomic mass is 16.3. The van der Waals surface area contributed by atoms with Crippen LogP contribution in [-0.2, 0) is 0 Å². The molecule has 4 rings (SSSR count). The Morgan fingerprint density at radius 3 is 2.60 bits per heavy atom. The van der Waals surface area contributed by atoms with Crippen molar-refractivity contribution in [2.45, 2.75) is 6.04 Å². The molecule has 1 N–H and O–H groups in total. The molecule has 0 spiro atoms. The highest BCUT2D eigenvalue weighted by Crippen LogP contribution is 2.32. The maximum absolute atomic E-state index is 9.92. The first-order chi connectivity index (χ1) is 12.3. The van der Waals surface area contributed by atoms with Crippen molar-refractivity contribution in [2.24, 2.45) is 0 Å². The largest absolute Gasteiger partial charge is 0.508 e. The molecule has 6 heteroatoms. The average Bonchev–Trinajstić information content (AvgIpc) is 2.69. The Balaban J connectivity index is 1.69. The lowest BCUT2D eigenvalue weighted by Gasteiger charge is -2.43. The van der Waals surface area contributed by atoms with Crippen LogP contribution >= 0.6 is 0 Å². The Hall–Kier alpha value is -3.15. The molecular formula is C19H19N5O. The molecule has 1 aliphatic heterocycles.